The second kappa shape index (κ2) is 6.59. The minimum absolute atomic E-state index is 0.00955. The van der Waals surface area contributed by atoms with Crippen LogP contribution in [0.3, 0.4) is 0 Å². The molecule has 0 saturated heterocycles. The predicted molar refractivity (Wildman–Crippen MR) is 96.1 cm³/mol. The van der Waals surface area contributed by atoms with Crippen molar-refractivity contribution in [2.45, 2.75) is 32.6 Å². The van der Waals surface area contributed by atoms with Gasteiger partial charge in [0.15, 0.2) is 0 Å². The third kappa shape index (κ3) is 3.36. The van der Waals surface area contributed by atoms with Crippen molar-refractivity contribution in [1.29, 1.82) is 0 Å². The van der Waals surface area contributed by atoms with E-state index in [1.807, 2.05) is 24.3 Å². The van der Waals surface area contributed by atoms with Gasteiger partial charge in [-0.1, -0.05) is 45.1 Å². The fourth-order valence-corrected chi connectivity index (χ4v) is 3.91. The largest absolute Gasteiger partial charge is 0.481 e. The molecule has 1 aromatic carbocycles. The lowest BCUT2D eigenvalue weighted by Gasteiger charge is -2.24. The van der Waals surface area contributed by atoms with E-state index in [2.05, 4.69) is 31.6 Å². The molecule has 1 fully saturated rings. The van der Waals surface area contributed by atoms with Crippen LogP contribution < -0.4 is 10.9 Å². The van der Waals surface area contributed by atoms with E-state index < -0.39 is 29.6 Å². The van der Waals surface area contributed by atoms with Gasteiger partial charge in [0.25, 0.3) is 5.91 Å². The van der Waals surface area contributed by atoms with Crippen LogP contribution in [0.15, 0.2) is 36.4 Å². The van der Waals surface area contributed by atoms with Gasteiger partial charge in [-0.25, -0.2) is 0 Å². The Labute approximate surface area is 152 Å². The first-order valence-corrected chi connectivity index (χ1v) is 8.80. The number of carboxylic acids is 1. The average molecular weight is 356 g/mol. The zero-order valence-electron chi connectivity index (χ0n) is 15.2. The zero-order chi connectivity index (χ0) is 19.1. The number of carbonyl (C=O) groups excluding carboxylic acids is 2. The highest BCUT2D eigenvalue weighted by Crippen LogP contribution is 2.48. The van der Waals surface area contributed by atoms with E-state index in [1.165, 1.54) is 0 Å². The fourth-order valence-electron chi connectivity index (χ4n) is 3.91. The summed E-state index contributed by atoms with van der Waals surface area (Å²) in [5, 5.41) is 9.40. The maximum atomic E-state index is 12.4. The Balaban J connectivity index is 1.62. The van der Waals surface area contributed by atoms with Gasteiger partial charge in [-0.3, -0.25) is 25.2 Å². The number of allylic oxidation sites excluding steroid dienone is 2. The maximum absolute atomic E-state index is 12.4. The van der Waals surface area contributed by atoms with E-state index in [1.54, 1.807) is 12.1 Å². The standard InChI is InChI=1S/C20H24N2O4/c1-20(2,3)14-8-6-11(7-9-14)17(23)21-22-18(24)15-12-4-5-13(10-12)16(15)19(25)26/h4-9,12-13,15-16H,10H2,1-3H3,(H,21,23)(H,22,24)(H,25,26)/t12-,13-,15+,16+/m0/s1. The average Bonchev–Trinajstić information content (AvgIpc) is 3.19. The summed E-state index contributed by atoms with van der Waals surface area (Å²) in [6, 6.07) is 7.20. The smallest absolute Gasteiger partial charge is 0.307 e. The maximum Gasteiger partial charge on any atom is 0.307 e. The van der Waals surface area contributed by atoms with Crippen molar-refractivity contribution in [2.24, 2.45) is 23.7 Å². The van der Waals surface area contributed by atoms with Crippen molar-refractivity contribution in [3.8, 4) is 0 Å². The van der Waals surface area contributed by atoms with Crippen LogP contribution in [-0.2, 0) is 15.0 Å². The summed E-state index contributed by atoms with van der Waals surface area (Å²) in [5.41, 5.74) is 6.33. The Morgan fingerprint density at radius 2 is 1.54 bits per heavy atom. The molecule has 0 spiro atoms. The van der Waals surface area contributed by atoms with Crippen LogP contribution in [-0.4, -0.2) is 22.9 Å². The molecule has 1 aromatic rings. The third-order valence-electron chi connectivity index (χ3n) is 5.36. The number of benzene rings is 1. The van der Waals surface area contributed by atoms with Crippen LogP contribution in [0.1, 0.15) is 43.1 Å². The number of fused-ring (bicyclic) bond motifs is 2. The summed E-state index contributed by atoms with van der Waals surface area (Å²) in [5.74, 6) is -3.40. The van der Waals surface area contributed by atoms with E-state index in [9.17, 15) is 19.5 Å². The Morgan fingerprint density at radius 3 is 2.08 bits per heavy atom. The summed E-state index contributed by atoms with van der Waals surface area (Å²) < 4.78 is 0. The van der Waals surface area contributed by atoms with E-state index in [0.717, 1.165) is 5.56 Å². The fraction of sp³-hybridized carbons (Fsp3) is 0.450. The minimum atomic E-state index is -0.967. The molecule has 0 unspecified atom stereocenters. The topological polar surface area (TPSA) is 95.5 Å². The van der Waals surface area contributed by atoms with Crippen molar-refractivity contribution in [1.82, 2.24) is 10.9 Å². The summed E-state index contributed by atoms with van der Waals surface area (Å²) in [6.45, 7) is 6.26. The Hall–Kier alpha value is -2.63. The summed E-state index contributed by atoms with van der Waals surface area (Å²) in [7, 11) is 0. The Bertz CT molecular complexity index is 761. The highest BCUT2D eigenvalue weighted by atomic mass is 16.4. The molecule has 6 heteroatoms. The van der Waals surface area contributed by atoms with Gasteiger partial charge in [0, 0.05) is 5.56 Å². The molecule has 1 saturated carbocycles. The lowest BCUT2D eigenvalue weighted by Crippen LogP contribution is -2.48. The summed E-state index contributed by atoms with van der Waals surface area (Å²) in [6.07, 6.45) is 4.46. The van der Waals surface area contributed by atoms with Gasteiger partial charge < -0.3 is 5.11 Å². The quantitative estimate of drug-likeness (QED) is 0.572. The first-order valence-electron chi connectivity index (χ1n) is 8.80. The highest BCUT2D eigenvalue weighted by Gasteiger charge is 2.51. The van der Waals surface area contributed by atoms with Gasteiger partial charge in [0.1, 0.15) is 0 Å². The molecular formula is C20H24N2O4. The van der Waals surface area contributed by atoms with Crippen LogP contribution in [0.4, 0.5) is 0 Å². The number of carboxylic acid groups (broad SMARTS) is 1. The number of hydrogen-bond donors (Lipinski definition) is 3. The third-order valence-corrected chi connectivity index (χ3v) is 5.36. The Morgan fingerprint density at radius 1 is 0.962 bits per heavy atom. The Kier molecular flexibility index (Phi) is 4.61. The first-order chi connectivity index (χ1) is 12.2. The van der Waals surface area contributed by atoms with Crippen LogP contribution in [0.2, 0.25) is 0 Å². The SMILES string of the molecule is CC(C)(C)c1ccc(C(=O)NNC(=O)[C@H]2[C@H](C(=O)O)[C@H]3C=C[C@H]2C3)cc1. The number of rotatable bonds is 3. The molecule has 6 nitrogen and oxygen atoms in total. The van der Waals surface area contributed by atoms with Gasteiger partial charge in [-0.2, -0.15) is 0 Å². The molecule has 2 aliphatic carbocycles. The lowest BCUT2D eigenvalue weighted by atomic mass is 9.82. The van der Waals surface area contributed by atoms with Gasteiger partial charge in [-0.15, -0.1) is 0 Å². The minimum Gasteiger partial charge on any atom is -0.481 e. The molecule has 0 aromatic heterocycles. The van der Waals surface area contributed by atoms with E-state index >= 15 is 0 Å². The summed E-state index contributed by atoms with van der Waals surface area (Å²) in [4.78, 5) is 36.2. The predicted octanol–water partition coefficient (Wildman–Crippen LogP) is 2.27. The molecule has 4 atom stereocenters. The van der Waals surface area contributed by atoms with Crippen molar-refractivity contribution in [3.05, 3.63) is 47.5 Å². The molecule has 3 rings (SSSR count). The molecule has 2 aliphatic rings. The van der Waals surface area contributed by atoms with E-state index in [4.69, 9.17) is 0 Å². The molecule has 0 aliphatic heterocycles. The number of nitrogens with one attached hydrogen (secondary N) is 2. The van der Waals surface area contributed by atoms with Gasteiger partial charge >= 0.3 is 5.97 Å². The molecule has 0 radical (unpaired) electrons. The molecule has 2 bridgehead atoms. The van der Waals surface area contributed by atoms with Crippen molar-refractivity contribution >= 4 is 17.8 Å². The van der Waals surface area contributed by atoms with Crippen molar-refractivity contribution in [3.63, 3.8) is 0 Å². The highest BCUT2D eigenvalue weighted by molar-refractivity contribution is 5.96. The molecule has 138 valence electrons. The molecule has 3 N–H and O–H groups in total. The van der Waals surface area contributed by atoms with Gasteiger partial charge in [-0.05, 0) is 41.4 Å². The second-order valence-corrected chi connectivity index (χ2v) is 8.11. The zero-order valence-corrected chi connectivity index (χ0v) is 15.2. The van der Waals surface area contributed by atoms with Crippen molar-refractivity contribution in [2.75, 3.05) is 0 Å². The molecular weight excluding hydrogens is 332 g/mol. The monoisotopic (exact) mass is 356 g/mol. The van der Waals surface area contributed by atoms with Crippen LogP contribution in [0.5, 0.6) is 0 Å². The lowest BCUT2D eigenvalue weighted by molar-refractivity contribution is -0.148. The van der Waals surface area contributed by atoms with E-state index in [0.29, 0.717) is 12.0 Å². The van der Waals surface area contributed by atoms with Crippen LogP contribution in [0, 0.1) is 23.7 Å². The summed E-state index contributed by atoms with van der Waals surface area (Å²) >= 11 is 0. The second-order valence-electron chi connectivity index (χ2n) is 8.11. The van der Waals surface area contributed by atoms with Gasteiger partial charge in [0.05, 0.1) is 11.8 Å². The van der Waals surface area contributed by atoms with Crippen molar-refractivity contribution < 1.29 is 19.5 Å². The molecule has 0 heterocycles. The first kappa shape index (κ1) is 18.2. The number of carbonyl (C=O) groups is 3. The normalized spacial score (nSPS) is 26.6. The molecule has 26 heavy (non-hydrogen) atoms. The van der Waals surface area contributed by atoms with Crippen LogP contribution in [0.25, 0.3) is 0 Å². The number of hydrogen-bond acceptors (Lipinski definition) is 3. The van der Waals surface area contributed by atoms with Crippen LogP contribution >= 0.6 is 0 Å². The molecule has 2 amide bonds. The van der Waals surface area contributed by atoms with E-state index in [-0.39, 0.29) is 17.3 Å². The number of hydrazine groups is 1. The number of amides is 2. The van der Waals surface area contributed by atoms with Gasteiger partial charge in [0.2, 0.25) is 5.91 Å². The number of aliphatic carboxylic acids is 1.